The molecule has 1 unspecified atom stereocenters. The lowest BCUT2D eigenvalue weighted by Crippen LogP contribution is -2.22. The number of carbonyl (C=O) groups is 1. The lowest BCUT2D eigenvalue weighted by Gasteiger charge is -2.10. The van der Waals surface area contributed by atoms with Crippen LogP contribution < -0.4 is 10.1 Å². The van der Waals surface area contributed by atoms with Crippen molar-refractivity contribution in [3.05, 3.63) is 30.1 Å². The Morgan fingerprint density at radius 1 is 1.56 bits per heavy atom. The molecule has 1 fully saturated rings. The van der Waals surface area contributed by atoms with E-state index in [0.717, 1.165) is 19.3 Å². The summed E-state index contributed by atoms with van der Waals surface area (Å²) >= 11 is 0. The van der Waals surface area contributed by atoms with Crippen molar-refractivity contribution in [3.63, 3.8) is 0 Å². The maximum Gasteiger partial charge on any atom is 0.136 e. The molecule has 0 aliphatic carbocycles. The van der Waals surface area contributed by atoms with Gasteiger partial charge in [0.1, 0.15) is 17.9 Å². The van der Waals surface area contributed by atoms with E-state index in [4.69, 9.17) is 4.74 Å². The summed E-state index contributed by atoms with van der Waals surface area (Å²) in [6, 6.07) is 6.03. The lowest BCUT2D eigenvalue weighted by atomic mass is 10.1. The molecule has 2 atom stereocenters. The zero-order valence-electron chi connectivity index (χ0n) is 8.86. The fraction of sp³-hybridized carbons (Fsp3) is 0.417. The molecule has 4 heteroatoms. The third-order valence-corrected chi connectivity index (χ3v) is 2.70. The maximum atomic E-state index is 12.8. The van der Waals surface area contributed by atoms with E-state index in [-0.39, 0.29) is 11.9 Å². The molecule has 1 heterocycles. The lowest BCUT2D eigenvalue weighted by molar-refractivity contribution is -0.109. The first-order valence-corrected chi connectivity index (χ1v) is 5.35. The third-order valence-electron chi connectivity index (χ3n) is 2.70. The highest BCUT2D eigenvalue weighted by molar-refractivity contribution is 5.58. The summed E-state index contributed by atoms with van der Waals surface area (Å²) in [4.78, 5) is 10.5. The molecule has 1 aliphatic heterocycles. The van der Waals surface area contributed by atoms with Crippen molar-refractivity contribution in [1.82, 2.24) is 5.32 Å². The third kappa shape index (κ3) is 2.79. The number of hydrogen-bond donors (Lipinski definition) is 1. The second kappa shape index (κ2) is 5.07. The van der Waals surface area contributed by atoms with Crippen molar-refractivity contribution < 1.29 is 13.9 Å². The number of nitrogens with one attached hydrogen (secondary N) is 1. The number of aldehydes is 1. The minimum Gasteiger partial charge on any atom is -0.493 e. The zero-order chi connectivity index (χ0) is 11.4. The van der Waals surface area contributed by atoms with Crippen molar-refractivity contribution >= 4 is 6.29 Å². The second-order valence-corrected chi connectivity index (χ2v) is 4.02. The van der Waals surface area contributed by atoms with Crippen LogP contribution in [0.2, 0.25) is 0 Å². The molecule has 1 aromatic rings. The van der Waals surface area contributed by atoms with E-state index in [1.54, 1.807) is 12.1 Å². The highest BCUT2D eigenvalue weighted by atomic mass is 19.1. The molecule has 2 rings (SSSR count). The molecule has 0 spiro atoms. The molecule has 1 saturated heterocycles. The molecular weight excluding hydrogens is 209 g/mol. The largest absolute Gasteiger partial charge is 0.493 e. The van der Waals surface area contributed by atoms with Gasteiger partial charge in [-0.15, -0.1) is 0 Å². The van der Waals surface area contributed by atoms with E-state index in [1.165, 1.54) is 12.1 Å². The van der Waals surface area contributed by atoms with E-state index in [1.807, 2.05) is 0 Å². The Kier molecular flexibility index (Phi) is 3.51. The van der Waals surface area contributed by atoms with Gasteiger partial charge in [-0.3, -0.25) is 0 Å². The van der Waals surface area contributed by atoms with E-state index in [9.17, 15) is 9.18 Å². The van der Waals surface area contributed by atoms with Crippen LogP contribution in [-0.2, 0) is 4.79 Å². The molecule has 1 N–H and O–H groups in total. The molecule has 1 aliphatic rings. The SMILES string of the molecule is O=CC1C[C@H](COc2cccc(F)c2)CN1. The molecule has 3 nitrogen and oxygen atoms in total. The van der Waals surface area contributed by atoms with Gasteiger partial charge < -0.3 is 14.8 Å². The second-order valence-electron chi connectivity index (χ2n) is 4.02. The highest BCUT2D eigenvalue weighted by Crippen LogP contribution is 2.17. The molecular formula is C12H14FNO2. The van der Waals surface area contributed by atoms with E-state index in [2.05, 4.69) is 5.32 Å². The normalized spacial score (nSPS) is 24.3. The number of hydrogen-bond acceptors (Lipinski definition) is 3. The van der Waals surface area contributed by atoms with Crippen molar-refractivity contribution in [2.45, 2.75) is 12.5 Å². The fourth-order valence-corrected chi connectivity index (χ4v) is 1.85. The number of halogens is 1. The van der Waals surface area contributed by atoms with Crippen molar-refractivity contribution in [2.24, 2.45) is 5.92 Å². The van der Waals surface area contributed by atoms with Crippen LogP contribution in [0.25, 0.3) is 0 Å². The van der Waals surface area contributed by atoms with Gasteiger partial charge in [0.15, 0.2) is 0 Å². The monoisotopic (exact) mass is 223 g/mol. The molecule has 16 heavy (non-hydrogen) atoms. The Labute approximate surface area is 93.6 Å². The fourth-order valence-electron chi connectivity index (χ4n) is 1.85. The summed E-state index contributed by atoms with van der Waals surface area (Å²) in [5.41, 5.74) is 0. The minimum atomic E-state index is -0.298. The molecule has 0 radical (unpaired) electrons. The Balaban J connectivity index is 1.82. The standard InChI is InChI=1S/C12H14FNO2/c13-10-2-1-3-12(5-10)16-8-9-4-11(7-15)14-6-9/h1-3,5,7,9,11,14H,4,6,8H2/t9-,11?/m0/s1. The Morgan fingerprint density at radius 2 is 2.44 bits per heavy atom. The van der Waals surface area contributed by atoms with Crippen molar-refractivity contribution in [2.75, 3.05) is 13.2 Å². The molecule has 0 bridgehead atoms. The summed E-state index contributed by atoms with van der Waals surface area (Å²) in [5.74, 6) is 0.556. The van der Waals surface area contributed by atoms with E-state index < -0.39 is 0 Å². The topological polar surface area (TPSA) is 38.3 Å². The van der Waals surface area contributed by atoms with Crippen LogP contribution in [0.5, 0.6) is 5.75 Å². The molecule has 1 aromatic carbocycles. The van der Waals surface area contributed by atoms with Crippen LogP contribution in [0.1, 0.15) is 6.42 Å². The summed E-state index contributed by atoms with van der Waals surface area (Å²) in [5, 5.41) is 3.08. The quantitative estimate of drug-likeness (QED) is 0.784. The summed E-state index contributed by atoms with van der Waals surface area (Å²) in [6.45, 7) is 1.29. The minimum absolute atomic E-state index is 0.0545. The molecule has 86 valence electrons. The van der Waals surface area contributed by atoms with Gasteiger partial charge >= 0.3 is 0 Å². The summed E-state index contributed by atoms with van der Waals surface area (Å²) < 4.78 is 18.3. The average molecular weight is 223 g/mol. The first-order chi connectivity index (χ1) is 7.78. The number of benzene rings is 1. The van der Waals surface area contributed by atoms with Crippen LogP contribution >= 0.6 is 0 Å². The van der Waals surface area contributed by atoms with Crippen molar-refractivity contribution in [1.29, 1.82) is 0 Å². The first-order valence-electron chi connectivity index (χ1n) is 5.35. The van der Waals surface area contributed by atoms with Gasteiger partial charge in [-0.1, -0.05) is 6.07 Å². The van der Waals surface area contributed by atoms with Gasteiger partial charge in [0.25, 0.3) is 0 Å². The van der Waals surface area contributed by atoms with Crippen LogP contribution in [0.15, 0.2) is 24.3 Å². The number of carbonyl (C=O) groups excluding carboxylic acids is 1. The van der Waals surface area contributed by atoms with Gasteiger partial charge in [-0.05, 0) is 18.6 Å². The maximum absolute atomic E-state index is 12.8. The predicted molar refractivity (Wildman–Crippen MR) is 57.9 cm³/mol. The van der Waals surface area contributed by atoms with Crippen LogP contribution in [0.3, 0.4) is 0 Å². The van der Waals surface area contributed by atoms with Gasteiger partial charge in [-0.2, -0.15) is 0 Å². The highest BCUT2D eigenvalue weighted by Gasteiger charge is 2.23. The predicted octanol–water partition coefficient (Wildman–Crippen LogP) is 1.38. The van der Waals surface area contributed by atoms with Crippen LogP contribution in [-0.4, -0.2) is 25.5 Å². The smallest absolute Gasteiger partial charge is 0.136 e. The van der Waals surface area contributed by atoms with E-state index >= 15 is 0 Å². The molecule has 0 aromatic heterocycles. The summed E-state index contributed by atoms with van der Waals surface area (Å²) in [6.07, 6.45) is 1.71. The van der Waals surface area contributed by atoms with Gasteiger partial charge in [0, 0.05) is 18.5 Å². The average Bonchev–Trinajstić information content (AvgIpc) is 2.74. The zero-order valence-corrected chi connectivity index (χ0v) is 8.86. The molecule has 0 saturated carbocycles. The van der Waals surface area contributed by atoms with Gasteiger partial charge in [0.2, 0.25) is 0 Å². The molecule has 0 amide bonds. The Morgan fingerprint density at radius 3 is 3.12 bits per heavy atom. The Hall–Kier alpha value is -1.42. The Bertz CT molecular complexity index is 370. The van der Waals surface area contributed by atoms with Gasteiger partial charge in [0.05, 0.1) is 12.6 Å². The van der Waals surface area contributed by atoms with Gasteiger partial charge in [-0.25, -0.2) is 4.39 Å². The van der Waals surface area contributed by atoms with Crippen LogP contribution in [0, 0.1) is 11.7 Å². The van der Waals surface area contributed by atoms with Crippen LogP contribution in [0.4, 0.5) is 4.39 Å². The van der Waals surface area contributed by atoms with E-state index in [0.29, 0.717) is 18.3 Å². The number of ether oxygens (including phenoxy) is 1. The number of rotatable bonds is 4. The van der Waals surface area contributed by atoms with Crippen molar-refractivity contribution in [3.8, 4) is 5.75 Å². The summed E-state index contributed by atoms with van der Waals surface area (Å²) in [7, 11) is 0. The first kappa shape index (κ1) is 11.1.